The van der Waals surface area contributed by atoms with Crippen molar-refractivity contribution in [2.75, 3.05) is 5.32 Å². The molecule has 2 heterocycles. The van der Waals surface area contributed by atoms with E-state index in [1.165, 1.54) is 23.6 Å². The quantitative estimate of drug-likeness (QED) is 0.629. The Morgan fingerprint density at radius 3 is 2.86 bits per heavy atom. The molecule has 2 rings (SSSR count). The second-order valence-corrected chi connectivity index (χ2v) is 6.24. The number of carbonyl (C=O) groups is 1. The number of halogens is 2. The summed E-state index contributed by atoms with van der Waals surface area (Å²) in [4.78, 5) is 15.9. The van der Waals surface area contributed by atoms with Crippen molar-refractivity contribution in [3.8, 4) is 0 Å². The first-order chi connectivity index (χ1) is 10.1. The Kier molecular flexibility index (Phi) is 5.90. The lowest BCUT2D eigenvalue weighted by molar-refractivity contribution is 0.102. The molecule has 0 saturated carbocycles. The van der Waals surface area contributed by atoms with Gasteiger partial charge in [0.15, 0.2) is 0 Å². The number of unbranched alkanes of at least 4 members (excludes halogenated alkanes) is 2. The highest BCUT2D eigenvalue weighted by atomic mass is 35.5. The van der Waals surface area contributed by atoms with Gasteiger partial charge in [-0.3, -0.25) is 10.1 Å². The van der Waals surface area contributed by atoms with Crippen molar-refractivity contribution in [2.45, 2.75) is 32.6 Å². The Morgan fingerprint density at radius 2 is 2.14 bits per heavy atom. The standard InChI is InChI=1S/C13H14Cl2N4OS/c1-2-3-4-5-10-18-19-13(21-10)17-12(20)8-6-9(14)11(15)16-7-8/h6-7H,2-5H2,1H3,(H,17,19,20). The zero-order valence-electron chi connectivity index (χ0n) is 11.4. The fourth-order valence-corrected chi connectivity index (χ4v) is 2.69. The Hall–Kier alpha value is -1.24. The van der Waals surface area contributed by atoms with Crippen molar-refractivity contribution in [1.82, 2.24) is 15.2 Å². The minimum Gasteiger partial charge on any atom is -0.296 e. The van der Waals surface area contributed by atoms with E-state index in [2.05, 4.69) is 27.4 Å². The zero-order chi connectivity index (χ0) is 15.2. The van der Waals surface area contributed by atoms with Gasteiger partial charge in [0.1, 0.15) is 10.2 Å². The molecule has 0 unspecified atom stereocenters. The van der Waals surface area contributed by atoms with E-state index in [0.29, 0.717) is 10.7 Å². The van der Waals surface area contributed by atoms with Gasteiger partial charge in [-0.25, -0.2) is 4.98 Å². The molecule has 1 amide bonds. The molecular formula is C13H14Cl2N4OS. The summed E-state index contributed by atoms with van der Waals surface area (Å²) in [7, 11) is 0. The molecule has 0 aliphatic rings. The molecule has 0 bridgehead atoms. The number of anilines is 1. The number of pyridine rings is 1. The maximum atomic E-state index is 12.0. The van der Waals surface area contributed by atoms with Gasteiger partial charge in [-0.2, -0.15) is 0 Å². The van der Waals surface area contributed by atoms with Crippen LogP contribution in [0.3, 0.4) is 0 Å². The van der Waals surface area contributed by atoms with Crippen molar-refractivity contribution in [1.29, 1.82) is 0 Å². The summed E-state index contributed by atoms with van der Waals surface area (Å²) in [6, 6.07) is 1.47. The molecule has 0 radical (unpaired) electrons. The van der Waals surface area contributed by atoms with Crippen LogP contribution in [0.15, 0.2) is 12.3 Å². The van der Waals surface area contributed by atoms with E-state index in [0.717, 1.165) is 30.7 Å². The number of aromatic nitrogens is 3. The fourth-order valence-electron chi connectivity index (χ4n) is 1.65. The van der Waals surface area contributed by atoms with E-state index in [-0.39, 0.29) is 16.1 Å². The number of hydrogen-bond donors (Lipinski definition) is 1. The first-order valence-corrected chi connectivity index (χ1v) is 8.12. The summed E-state index contributed by atoms with van der Waals surface area (Å²) in [5.41, 5.74) is 0.326. The molecule has 8 heteroatoms. The molecule has 0 spiro atoms. The highest BCUT2D eigenvalue weighted by Crippen LogP contribution is 2.21. The van der Waals surface area contributed by atoms with Gasteiger partial charge < -0.3 is 0 Å². The normalized spacial score (nSPS) is 10.6. The summed E-state index contributed by atoms with van der Waals surface area (Å²) in [6.07, 6.45) is 5.65. The van der Waals surface area contributed by atoms with Crippen LogP contribution in [0.2, 0.25) is 10.2 Å². The first kappa shape index (κ1) is 16.1. The fraction of sp³-hybridized carbons (Fsp3) is 0.385. The second kappa shape index (κ2) is 7.68. The highest BCUT2D eigenvalue weighted by molar-refractivity contribution is 7.15. The Morgan fingerprint density at radius 1 is 1.33 bits per heavy atom. The number of aryl methyl sites for hydroxylation is 1. The summed E-state index contributed by atoms with van der Waals surface area (Å²) in [5, 5.41) is 12.5. The third-order valence-corrected chi connectivity index (χ3v) is 4.32. The summed E-state index contributed by atoms with van der Waals surface area (Å²) < 4.78 is 0. The van der Waals surface area contributed by atoms with Crippen LogP contribution in [0.1, 0.15) is 41.6 Å². The lowest BCUT2D eigenvalue weighted by Gasteiger charge is -2.01. The van der Waals surface area contributed by atoms with E-state index in [9.17, 15) is 4.79 Å². The smallest absolute Gasteiger partial charge is 0.259 e. The summed E-state index contributed by atoms with van der Waals surface area (Å²) in [6.45, 7) is 2.15. The van der Waals surface area contributed by atoms with Crippen molar-refractivity contribution in [2.24, 2.45) is 0 Å². The highest BCUT2D eigenvalue weighted by Gasteiger charge is 2.12. The minimum absolute atomic E-state index is 0.169. The number of rotatable bonds is 6. The molecule has 2 aromatic rings. The Labute approximate surface area is 136 Å². The predicted octanol–water partition coefficient (Wildman–Crippen LogP) is 4.22. The number of amides is 1. The lowest BCUT2D eigenvalue weighted by Crippen LogP contribution is -2.12. The lowest BCUT2D eigenvalue weighted by atomic mass is 10.2. The van der Waals surface area contributed by atoms with Gasteiger partial charge in [0.2, 0.25) is 5.13 Å². The van der Waals surface area contributed by atoms with Crippen LogP contribution in [0, 0.1) is 0 Å². The van der Waals surface area contributed by atoms with Crippen LogP contribution in [0.5, 0.6) is 0 Å². The Balaban J connectivity index is 1.97. The molecule has 2 aromatic heterocycles. The van der Waals surface area contributed by atoms with Gasteiger partial charge in [-0.1, -0.05) is 54.3 Å². The molecule has 1 N–H and O–H groups in total. The minimum atomic E-state index is -0.336. The third-order valence-electron chi connectivity index (χ3n) is 2.74. The van der Waals surface area contributed by atoms with Crippen molar-refractivity contribution < 1.29 is 4.79 Å². The monoisotopic (exact) mass is 344 g/mol. The summed E-state index contributed by atoms with van der Waals surface area (Å²) >= 11 is 12.9. The van der Waals surface area contributed by atoms with E-state index in [1.54, 1.807) is 0 Å². The second-order valence-electron chi connectivity index (χ2n) is 4.41. The van der Waals surface area contributed by atoms with Crippen LogP contribution in [-0.2, 0) is 6.42 Å². The topological polar surface area (TPSA) is 67.8 Å². The van der Waals surface area contributed by atoms with E-state index >= 15 is 0 Å². The number of hydrogen-bond acceptors (Lipinski definition) is 5. The molecule has 0 saturated heterocycles. The van der Waals surface area contributed by atoms with Gasteiger partial charge in [0.05, 0.1) is 10.6 Å². The van der Waals surface area contributed by atoms with Gasteiger partial charge >= 0.3 is 0 Å². The largest absolute Gasteiger partial charge is 0.296 e. The zero-order valence-corrected chi connectivity index (χ0v) is 13.7. The average Bonchev–Trinajstić information content (AvgIpc) is 2.89. The maximum absolute atomic E-state index is 12.0. The molecule has 5 nitrogen and oxygen atoms in total. The Bertz CT molecular complexity index is 632. The predicted molar refractivity (Wildman–Crippen MR) is 85.3 cm³/mol. The van der Waals surface area contributed by atoms with Gasteiger partial charge in [0.25, 0.3) is 5.91 Å². The van der Waals surface area contributed by atoms with E-state index in [1.807, 2.05) is 0 Å². The molecular weight excluding hydrogens is 331 g/mol. The number of carbonyl (C=O) groups excluding carboxylic acids is 1. The molecule has 112 valence electrons. The number of nitrogens with zero attached hydrogens (tertiary/aromatic N) is 3. The van der Waals surface area contributed by atoms with Crippen LogP contribution < -0.4 is 5.32 Å². The van der Waals surface area contributed by atoms with Crippen molar-refractivity contribution in [3.63, 3.8) is 0 Å². The van der Waals surface area contributed by atoms with Crippen molar-refractivity contribution in [3.05, 3.63) is 33.0 Å². The molecule has 0 atom stereocenters. The van der Waals surface area contributed by atoms with Crippen molar-refractivity contribution >= 4 is 45.6 Å². The first-order valence-electron chi connectivity index (χ1n) is 6.55. The molecule has 0 aliphatic heterocycles. The van der Waals surface area contributed by atoms with Crippen LogP contribution in [-0.4, -0.2) is 21.1 Å². The SMILES string of the molecule is CCCCCc1nnc(NC(=O)c2cnc(Cl)c(Cl)c2)s1. The number of nitrogens with one attached hydrogen (secondary N) is 1. The van der Waals surface area contributed by atoms with Gasteiger partial charge in [-0.05, 0) is 12.5 Å². The molecule has 0 fully saturated rings. The molecule has 0 aliphatic carbocycles. The molecule has 0 aromatic carbocycles. The van der Waals surface area contributed by atoms with E-state index in [4.69, 9.17) is 23.2 Å². The van der Waals surface area contributed by atoms with E-state index < -0.39 is 0 Å². The van der Waals surface area contributed by atoms with Crippen LogP contribution in [0.25, 0.3) is 0 Å². The average molecular weight is 345 g/mol. The van der Waals surface area contributed by atoms with Gasteiger partial charge in [-0.15, -0.1) is 10.2 Å². The van der Waals surface area contributed by atoms with Gasteiger partial charge in [0, 0.05) is 12.6 Å². The van der Waals surface area contributed by atoms with Crippen LogP contribution in [0.4, 0.5) is 5.13 Å². The maximum Gasteiger partial charge on any atom is 0.259 e. The summed E-state index contributed by atoms with van der Waals surface area (Å²) in [5.74, 6) is -0.336. The third kappa shape index (κ3) is 4.62. The molecule has 21 heavy (non-hydrogen) atoms. The van der Waals surface area contributed by atoms with Crippen LogP contribution >= 0.6 is 34.5 Å².